The third-order valence-corrected chi connectivity index (χ3v) is 4.02. The summed E-state index contributed by atoms with van der Waals surface area (Å²) < 4.78 is 13.0. The Morgan fingerprint density at radius 3 is 2.53 bits per heavy atom. The molecule has 0 unspecified atom stereocenters. The maximum Gasteiger partial charge on any atom is 0.123 e. The van der Waals surface area contributed by atoms with Crippen LogP contribution in [0.5, 0.6) is 0 Å². The van der Waals surface area contributed by atoms with E-state index < -0.39 is 0 Å². The number of nitrogens with one attached hydrogen (secondary N) is 1. The molecule has 1 aliphatic heterocycles. The van der Waals surface area contributed by atoms with E-state index in [1.807, 2.05) is 12.1 Å². The van der Waals surface area contributed by atoms with Crippen molar-refractivity contribution in [3.63, 3.8) is 0 Å². The monoisotopic (exact) mass is 232 g/mol. The first-order valence-electron chi connectivity index (χ1n) is 6.32. The van der Waals surface area contributed by atoms with Crippen LogP contribution in [0.3, 0.4) is 0 Å². The summed E-state index contributed by atoms with van der Waals surface area (Å²) in [6.07, 6.45) is 4.64. The van der Waals surface area contributed by atoms with Crippen molar-refractivity contribution in [2.24, 2.45) is 4.99 Å². The Balaban J connectivity index is 1.83. The number of nitrogens with zero attached hydrogens (tertiary/aromatic N) is 1. The van der Waals surface area contributed by atoms with Gasteiger partial charge < -0.3 is 5.32 Å². The van der Waals surface area contributed by atoms with Gasteiger partial charge in [-0.15, -0.1) is 0 Å². The van der Waals surface area contributed by atoms with Gasteiger partial charge in [0.2, 0.25) is 0 Å². The number of rotatable bonds is 3. The predicted molar refractivity (Wildman–Crippen MR) is 66.9 cm³/mol. The van der Waals surface area contributed by atoms with Crippen molar-refractivity contribution < 1.29 is 4.39 Å². The Morgan fingerprint density at radius 1 is 1.24 bits per heavy atom. The molecule has 1 N–H and O–H groups in total. The highest BCUT2D eigenvalue weighted by molar-refractivity contribution is 5.85. The molecule has 90 valence electrons. The molecule has 0 bridgehead atoms. The molecule has 2 nitrogen and oxygen atoms in total. The summed E-state index contributed by atoms with van der Waals surface area (Å²) in [4.78, 5) is 4.48. The van der Waals surface area contributed by atoms with E-state index in [0.29, 0.717) is 0 Å². The largest absolute Gasteiger partial charge is 0.372 e. The lowest BCUT2D eigenvalue weighted by atomic mass is 9.62. The number of aliphatic imine (C=N–C) groups is 1. The van der Waals surface area contributed by atoms with Crippen LogP contribution >= 0.6 is 0 Å². The minimum absolute atomic E-state index is 0.153. The van der Waals surface area contributed by atoms with Gasteiger partial charge in [-0.2, -0.15) is 0 Å². The van der Waals surface area contributed by atoms with Gasteiger partial charge >= 0.3 is 0 Å². The van der Waals surface area contributed by atoms with Crippen LogP contribution in [0.25, 0.3) is 0 Å². The van der Waals surface area contributed by atoms with E-state index in [-0.39, 0.29) is 11.2 Å². The fraction of sp³-hybridized carbons (Fsp3) is 0.500. The van der Waals surface area contributed by atoms with Crippen LogP contribution in [0.2, 0.25) is 0 Å². The second-order valence-corrected chi connectivity index (χ2v) is 5.07. The summed E-state index contributed by atoms with van der Waals surface area (Å²) in [5, 5.41) is 3.34. The molecule has 0 radical (unpaired) electrons. The van der Waals surface area contributed by atoms with Crippen molar-refractivity contribution >= 4 is 5.84 Å². The van der Waals surface area contributed by atoms with Crippen LogP contribution in [-0.4, -0.2) is 18.9 Å². The number of amidine groups is 1. The molecule has 3 rings (SSSR count). The van der Waals surface area contributed by atoms with Crippen molar-refractivity contribution in [1.29, 1.82) is 0 Å². The fourth-order valence-electron chi connectivity index (χ4n) is 2.86. The zero-order chi connectivity index (χ0) is 11.7. The van der Waals surface area contributed by atoms with E-state index >= 15 is 0 Å². The average molecular weight is 232 g/mol. The molecule has 17 heavy (non-hydrogen) atoms. The minimum atomic E-state index is -0.153. The Labute approximate surface area is 101 Å². The molecule has 1 heterocycles. The molecule has 0 saturated heterocycles. The molecule has 0 atom stereocenters. The lowest BCUT2D eigenvalue weighted by Crippen LogP contribution is -2.39. The Kier molecular flexibility index (Phi) is 2.61. The summed E-state index contributed by atoms with van der Waals surface area (Å²) >= 11 is 0. The van der Waals surface area contributed by atoms with Crippen LogP contribution < -0.4 is 5.32 Å². The van der Waals surface area contributed by atoms with Crippen molar-refractivity contribution in [2.45, 2.75) is 31.1 Å². The molecular weight excluding hydrogens is 215 g/mol. The molecule has 1 fully saturated rings. The predicted octanol–water partition coefficient (Wildman–Crippen LogP) is 2.64. The lowest BCUT2D eigenvalue weighted by molar-refractivity contribution is 0.252. The lowest BCUT2D eigenvalue weighted by Gasteiger charge is -2.42. The van der Waals surface area contributed by atoms with Gasteiger partial charge in [0, 0.05) is 18.4 Å². The van der Waals surface area contributed by atoms with Gasteiger partial charge in [-0.25, -0.2) is 4.39 Å². The van der Waals surface area contributed by atoms with Crippen LogP contribution in [0.1, 0.15) is 31.2 Å². The third kappa shape index (κ3) is 1.94. The van der Waals surface area contributed by atoms with E-state index in [2.05, 4.69) is 10.3 Å². The van der Waals surface area contributed by atoms with Gasteiger partial charge in [0.05, 0.1) is 12.4 Å². The van der Waals surface area contributed by atoms with E-state index in [4.69, 9.17) is 0 Å². The van der Waals surface area contributed by atoms with Crippen molar-refractivity contribution in [2.75, 3.05) is 13.1 Å². The Morgan fingerprint density at radius 2 is 2.00 bits per heavy atom. The van der Waals surface area contributed by atoms with E-state index in [1.54, 1.807) is 12.1 Å². The molecule has 1 saturated carbocycles. The van der Waals surface area contributed by atoms with Crippen LogP contribution in [-0.2, 0) is 5.41 Å². The van der Waals surface area contributed by atoms with Crippen LogP contribution in [0, 0.1) is 5.82 Å². The first kappa shape index (κ1) is 10.8. The highest BCUT2D eigenvalue weighted by Crippen LogP contribution is 2.46. The fourth-order valence-corrected chi connectivity index (χ4v) is 2.86. The Hall–Kier alpha value is -1.38. The number of hydrogen-bond acceptors (Lipinski definition) is 2. The second kappa shape index (κ2) is 4.13. The highest BCUT2D eigenvalue weighted by atomic mass is 19.1. The number of halogens is 1. The van der Waals surface area contributed by atoms with Gasteiger partial charge in [-0.1, -0.05) is 18.6 Å². The number of benzene rings is 1. The van der Waals surface area contributed by atoms with E-state index in [1.165, 1.54) is 24.8 Å². The standard InChI is InChI=1S/C14H17FN2/c15-12-4-2-11(3-5-12)14(6-1-7-14)10-13-16-8-9-17-13/h2-5H,1,6-10H2,(H,16,17). The first-order chi connectivity index (χ1) is 8.28. The molecule has 3 heteroatoms. The van der Waals surface area contributed by atoms with Crippen molar-refractivity contribution in [3.8, 4) is 0 Å². The van der Waals surface area contributed by atoms with Crippen LogP contribution in [0.4, 0.5) is 4.39 Å². The molecule has 1 aromatic carbocycles. The zero-order valence-electron chi connectivity index (χ0n) is 9.88. The molecule has 1 aliphatic carbocycles. The van der Waals surface area contributed by atoms with E-state index in [0.717, 1.165) is 25.3 Å². The quantitative estimate of drug-likeness (QED) is 0.851. The summed E-state index contributed by atoms with van der Waals surface area (Å²) in [7, 11) is 0. The summed E-state index contributed by atoms with van der Waals surface area (Å²) in [6.45, 7) is 1.86. The SMILES string of the molecule is Fc1ccc(C2(CC3=NCCN3)CCC2)cc1. The first-order valence-corrected chi connectivity index (χ1v) is 6.32. The summed E-state index contributed by atoms with van der Waals surface area (Å²) in [6, 6.07) is 7.01. The summed E-state index contributed by atoms with van der Waals surface area (Å²) in [5.74, 6) is 0.980. The zero-order valence-corrected chi connectivity index (χ0v) is 9.88. The molecule has 2 aliphatic rings. The maximum atomic E-state index is 13.0. The van der Waals surface area contributed by atoms with Crippen LogP contribution in [0.15, 0.2) is 29.3 Å². The second-order valence-electron chi connectivity index (χ2n) is 5.07. The molecular formula is C14H17FN2. The van der Waals surface area contributed by atoms with Gasteiger partial charge in [0.15, 0.2) is 0 Å². The smallest absolute Gasteiger partial charge is 0.123 e. The molecule has 1 aromatic rings. The van der Waals surface area contributed by atoms with E-state index in [9.17, 15) is 4.39 Å². The van der Waals surface area contributed by atoms with Gasteiger partial charge in [-0.05, 0) is 30.5 Å². The molecule has 0 spiro atoms. The van der Waals surface area contributed by atoms with Crippen molar-refractivity contribution in [1.82, 2.24) is 5.32 Å². The number of hydrogen-bond donors (Lipinski definition) is 1. The normalized spacial score (nSPS) is 21.6. The van der Waals surface area contributed by atoms with Gasteiger partial charge in [-0.3, -0.25) is 4.99 Å². The van der Waals surface area contributed by atoms with Gasteiger partial charge in [0.1, 0.15) is 5.82 Å². The van der Waals surface area contributed by atoms with Crippen molar-refractivity contribution in [3.05, 3.63) is 35.6 Å². The molecule has 0 aromatic heterocycles. The Bertz CT molecular complexity index is 432. The minimum Gasteiger partial charge on any atom is -0.372 e. The highest BCUT2D eigenvalue weighted by Gasteiger charge is 2.39. The van der Waals surface area contributed by atoms with Gasteiger partial charge in [0.25, 0.3) is 0 Å². The maximum absolute atomic E-state index is 13.0. The average Bonchev–Trinajstić information content (AvgIpc) is 2.77. The summed E-state index contributed by atoms with van der Waals surface area (Å²) in [5.41, 5.74) is 1.48. The topological polar surface area (TPSA) is 24.4 Å². The third-order valence-electron chi connectivity index (χ3n) is 4.02. The molecule has 0 amide bonds.